The highest BCUT2D eigenvalue weighted by Crippen LogP contribution is 2.34. The van der Waals surface area contributed by atoms with E-state index < -0.39 is 16.1 Å². The summed E-state index contributed by atoms with van der Waals surface area (Å²) in [6.07, 6.45) is 0.0704. The van der Waals surface area contributed by atoms with Gasteiger partial charge in [-0.2, -0.15) is 4.31 Å². The number of carbonyl (C=O) groups excluding carboxylic acids is 2. The molecule has 2 amide bonds. The molecule has 0 saturated carbocycles. The van der Waals surface area contributed by atoms with Crippen LogP contribution in [0.1, 0.15) is 13.3 Å². The van der Waals surface area contributed by atoms with Crippen molar-refractivity contribution in [2.24, 2.45) is 0 Å². The fourth-order valence-corrected chi connectivity index (χ4v) is 6.06. The van der Waals surface area contributed by atoms with E-state index in [-0.39, 0.29) is 36.2 Å². The molecule has 0 aromatic heterocycles. The van der Waals surface area contributed by atoms with Crippen molar-refractivity contribution in [3.63, 3.8) is 0 Å². The minimum Gasteiger partial charge on any atom is -0.494 e. The van der Waals surface area contributed by atoms with E-state index in [4.69, 9.17) is 14.2 Å². The zero-order chi connectivity index (χ0) is 24.6. The van der Waals surface area contributed by atoms with Crippen LogP contribution in [-0.2, 0) is 19.6 Å². The second-order valence-electron chi connectivity index (χ2n) is 8.46. The van der Waals surface area contributed by atoms with Gasteiger partial charge in [-0.05, 0) is 43.3 Å². The fraction of sp³-hybridized carbons (Fsp3) is 0.417. The molecule has 1 unspecified atom stereocenters. The third-order valence-corrected chi connectivity index (χ3v) is 8.29. The molecule has 3 aliphatic heterocycles. The van der Waals surface area contributed by atoms with Crippen molar-refractivity contribution in [2.75, 3.05) is 50.9 Å². The Balaban J connectivity index is 1.24. The molecule has 5 rings (SSSR count). The molecule has 2 aromatic rings. The second kappa shape index (κ2) is 9.48. The van der Waals surface area contributed by atoms with Crippen LogP contribution in [0.2, 0.25) is 0 Å². The number of nitrogens with zero attached hydrogens (tertiary/aromatic N) is 3. The van der Waals surface area contributed by atoms with E-state index in [1.54, 1.807) is 30.3 Å². The molecule has 0 N–H and O–H groups in total. The topological polar surface area (TPSA) is 106 Å². The molecule has 35 heavy (non-hydrogen) atoms. The van der Waals surface area contributed by atoms with Gasteiger partial charge in [0.15, 0.2) is 11.5 Å². The number of ether oxygens (including phenoxy) is 3. The van der Waals surface area contributed by atoms with Crippen molar-refractivity contribution in [1.29, 1.82) is 0 Å². The molecule has 2 aromatic carbocycles. The van der Waals surface area contributed by atoms with E-state index in [0.717, 1.165) is 0 Å². The molecule has 0 spiro atoms. The summed E-state index contributed by atoms with van der Waals surface area (Å²) in [5, 5.41) is 0. The molecule has 0 bridgehead atoms. The molecule has 3 aliphatic rings. The van der Waals surface area contributed by atoms with Crippen molar-refractivity contribution in [3.05, 3.63) is 42.5 Å². The fourth-order valence-electron chi connectivity index (χ4n) is 4.62. The maximum absolute atomic E-state index is 13.2. The Morgan fingerprint density at radius 3 is 2.31 bits per heavy atom. The first-order chi connectivity index (χ1) is 16.9. The van der Waals surface area contributed by atoms with Crippen LogP contribution < -0.4 is 19.1 Å². The Morgan fingerprint density at radius 2 is 1.63 bits per heavy atom. The third kappa shape index (κ3) is 4.46. The van der Waals surface area contributed by atoms with Crippen LogP contribution in [0.5, 0.6) is 17.2 Å². The lowest BCUT2D eigenvalue weighted by molar-refractivity contribution is -0.123. The summed E-state index contributed by atoms with van der Waals surface area (Å²) in [5.41, 5.74) is 0.505. The van der Waals surface area contributed by atoms with Gasteiger partial charge in [0, 0.05) is 32.2 Å². The van der Waals surface area contributed by atoms with Gasteiger partial charge in [-0.15, -0.1) is 0 Å². The maximum atomic E-state index is 13.2. The minimum atomic E-state index is -3.73. The van der Waals surface area contributed by atoms with Gasteiger partial charge in [0.05, 0.1) is 29.7 Å². The van der Waals surface area contributed by atoms with Crippen LogP contribution in [0.3, 0.4) is 0 Å². The van der Waals surface area contributed by atoms with Crippen LogP contribution in [-0.4, -0.2) is 81.5 Å². The first kappa shape index (κ1) is 23.6. The van der Waals surface area contributed by atoms with Gasteiger partial charge in [-0.3, -0.25) is 14.5 Å². The van der Waals surface area contributed by atoms with Gasteiger partial charge in [-0.25, -0.2) is 13.3 Å². The highest BCUT2D eigenvalue weighted by Gasteiger charge is 2.44. The zero-order valence-corrected chi connectivity index (χ0v) is 20.2. The zero-order valence-electron chi connectivity index (χ0n) is 19.4. The molecule has 1 atom stereocenters. The van der Waals surface area contributed by atoms with Crippen molar-refractivity contribution in [3.8, 4) is 17.2 Å². The minimum absolute atomic E-state index is 0.0704. The Bertz CT molecular complexity index is 1220. The summed E-state index contributed by atoms with van der Waals surface area (Å²) in [6.45, 7) is 4.36. The van der Waals surface area contributed by atoms with E-state index >= 15 is 0 Å². The van der Waals surface area contributed by atoms with Gasteiger partial charge >= 0.3 is 0 Å². The van der Waals surface area contributed by atoms with Crippen LogP contribution >= 0.6 is 0 Å². The molecule has 3 heterocycles. The number of benzene rings is 2. The number of hydrogen-bond acceptors (Lipinski definition) is 8. The molecular formula is C24H27N3O7S. The summed E-state index contributed by atoms with van der Waals surface area (Å²) < 4.78 is 44.2. The van der Waals surface area contributed by atoms with Gasteiger partial charge in [0.25, 0.3) is 5.91 Å². The van der Waals surface area contributed by atoms with Crippen LogP contribution in [0.4, 0.5) is 5.69 Å². The number of piperazine rings is 1. The quantitative estimate of drug-likeness (QED) is 0.549. The lowest BCUT2D eigenvalue weighted by Gasteiger charge is -2.36. The number of imide groups is 1. The van der Waals surface area contributed by atoms with E-state index in [1.807, 2.05) is 11.8 Å². The predicted octanol–water partition coefficient (Wildman–Crippen LogP) is 1.49. The van der Waals surface area contributed by atoms with Crippen LogP contribution in [0, 0.1) is 0 Å². The Morgan fingerprint density at radius 1 is 0.943 bits per heavy atom. The van der Waals surface area contributed by atoms with Crippen molar-refractivity contribution in [1.82, 2.24) is 9.21 Å². The van der Waals surface area contributed by atoms with Crippen LogP contribution in [0.15, 0.2) is 47.4 Å². The second-order valence-corrected chi connectivity index (χ2v) is 10.4. The molecule has 0 aliphatic carbocycles. The largest absolute Gasteiger partial charge is 0.494 e. The monoisotopic (exact) mass is 501 g/mol. The van der Waals surface area contributed by atoms with Crippen molar-refractivity contribution < 1.29 is 32.2 Å². The molecule has 186 valence electrons. The molecule has 0 radical (unpaired) electrons. The molecule has 2 fully saturated rings. The Kier molecular flexibility index (Phi) is 6.39. The molecule has 2 saturated heterocycles. The average Bonchev–Trinajstić information content (AvgIpc) is 3.18. The number of anilines is 1. The standard InChI is InChI=1S/C24H27N3O7S/c1-2-32-18-5-3-17(4-6-18)27-23(28)16-20(24(27)29)25-9-11-26(12-10-25)35(30,31)19-7-8-21-22(15-19)34-14-13-33-21/h3-8,15,20H,2,9-14,16H2,1H3. The number of fused-ring (bicyclic) bond motifs is 1. The van der Waals surface area contributed by atoms with Crippen LogP contribution in [0.25, 0.3) is 0 Å². The highest BCUT2D eigenvalue weighted by atomic mass is 32.2. The van der Waals surface area contributed by atoms with E-state index in [2.05, 4.69) is 0 Å². The SMILES string of the molecule is CCOc1ccc(N2C(=O)CC(N3CCN(S(=O)(=O)c4ccc5c(c4)OCCO5)CC3)C2=O)cc1. The van der Waals surface area contributed by atoms with E-state index in [0.29, 0.717) is 55.8 Å². The summed E-state index contributed by atoms with van der Waals surface area (Å²) >= 11 is 0. The number of hydrogen-bond donors (Lipinski definition) is 0. The smallest absolute Gasteiger partial charge is 0.251 e. The predicted molar refractivity (Wildman–Crippen MR) is 126 cm³/mol. The molecule has 11 heteroatoms. The maximum Gasteiger partial charge on any atom is 0.251 e. The average molecular weight is 502 g/mol. The van der Waals surface area contributed by atoms with Gasteiger partial charge in [0.1, 0.15) is 19.0 Å². The third-order valence-electron chi connectivity index (χ3n) is 6.39. The van der Waals surface area contributed by atoms with Crippen molar-refractivity contribution in [2.45, 2.75) is 24.3 Å². The van der Waals surface area contributed by atoms with Gasteiger partial charge in [-0.1, -0.05) is 0 Å². The number of sulfonamides is 1. The van der Waals surface area contributed by atoms with Crippen molar-refractivity contribution >= 4 is 27.5 Å². The Labute approximate surface area is 204 Å². The summed E-state index contributed by atoms with van der Waals surface area (Å²) in [7, 11) is -3.73. The van der Waals surface area contributed by atoms with Gasteiger partial charge < -0.3 is 14.2 Å². The number of amides is 2. The molecule has 10 nitrogen and oxygen atoms in total. The number of carbonyl (C=O) groups is 2. The number of rotatable bonds is 6. The normalized spacial score (nSPS) is 21.4. The summed E-state index contributed by atoms with van der Waals surface area (Å²) in [5.74, 6) is 1.06. The molecular weight excluding hydrogens is 474 g/mol. The first-order valence-corrected chi connectivity index (χ1v) is 13.1. The summed E-state index contributed by atoms with van der Waals surface area (Å²) in [6, 6.07) is 10.9. The lowest BCUT2D eigenvalue weighted by atomic mass is 10.2. The lowest BCUT2D eigenvalue weighted by Crippen LogP contribution is -2.53. The summed E-state index contributed by atoms with van der Waals surface area (Å²) in [4.78, 5) is 29.1. The Hall–Kier alpha value is -3.15. The van der Waals surface area contributed by atoms with Gasteiger partial charge in [0.2, 0.25) is 15.9 Å². The highest BCUT2D eigenvalue weighted by molar-refractivity contribution is 7.89. The first-order valence-electron chi connectivity index (χ1n) is 11.6. The van der Waals surface area contributed by atoms with E-state index in [1.165, 1.54) is 21.3 Å². The van der Waals surface area contributed by atoms with E-state index in [9.17, 15) is 18.0 Å².